The van der Waals surface area contributed by atoms with Crippen LogP contribution in [0.4, 0.5) is 0 Å². The fourth-order valence-corrected chi connectivity index (χ4v) is 2.54. The first-order chi connectivity index (χ1) is 11.6. The smallest absolute Gasteiger partial charge is 1.00 e. The molecule has 6 nitrogen and oxygen atoms in total. The van der Waals surface area contributed by atoms with Crippen LogP contribution < -0.4 is 35.3 Å². The Kier molecular flexibility index (Phi) is 15.1. The van der Waals surface area contributed by atoms with Gasteiger partial charge in [-0.1, -0.05) is 58.3 Å². The zero-order valence-corrected chi connectivity index (χ0v) is 17.8. The third kappa shape index (κ3) is 12.3. The number of aromatic amines is 1. The summed E-state index contributed by atoms with van der Waals surface area (Å²) in [5.41, 5.74) is 6.47. The first-order valence-electron chi connectivity index (χ1n) is 9.10. The molecule has 0 unspecified atom stereocenters. The van der Waals surface area contributed by atoms with Gasteiger partial charge in [-0.25, -0.2) is 9.78 Å². The van der Waals surface area contributed by atoms with Gasteiger partial charge in [-0.05, 0) is 6.42 Å². The molecule has 0 aliphatic rings. The molecule has 0 aliphatic heterocycles. The van der Waals surface area contributed by atoms with Crippen molar-refractivity contribution in [3.05, 3.63) is 18.2 Å². The van der Waals surface area contributed by atoms with Gasteiger partial charge in [-0.2, -0.15) is 0 Å². The van der Waals surface area contributed by atoms with E-state index in [-0.39, 0.29) is 43.8 Å². The van der Waals surface area contributed by atoms with Crippen molar-refractivity contribution in [1.29, 1.82) is 0 Å². The molecule has 0 saturated heterocycles. The average Bonchev–Trinajstić information content (AvgIpc) is 3.06. The fraction of sp³-hybridized carbons (Fsp3) is 0.722. The maximum Gasteiger partial charge on any atom is 1.00 e. The van der Waals surface area contributed by atoms with Crippen molar-refractivity contribution in [2.24, 2.45) is 5.73 Å². The van der Waals surface area contributed by atoms with E-state index in [0.717, 1.165) is 25.0 Å². The molecule has 1 rings (SSSR count). The molecular weight excluding hydrogens is 329 g/mol. The summed E-state index contributed by atoms with van der Waals surface area (Å²) in [5, 5.41) is 0. The summed E-state index contributed by atoms with van der Waals surface area (Å²) < 4.78 is 4.80. The molecule has 3 N–H and O–H groups in total. The Balaban J connectivity index is 0. The number of hydrogen-bond donors (Lipinski definition) is 2. The molecule has 0 radical (unpaired) electrons. The van der Waals surface area contributed by atoms with Crippen LogP contribution in [-0.2, 0) is 20.7 Å². The van der Waals surface area contributed by atoms with Crippen LogP contribution >= 0.6 is 0 Å². The molecule has 0 fully saturated rings. The Labute approximate surface area is 174 Å². The van der Waals surface area contributed by atoms with Gasteiger partial charge in [0.2, 0.25) is 0 Å². The Hall–Kier alpha value is -0.690. The van der Waals surface area contributed by atoms with Crippen LogP contribution in [0.1, 0.15) is 78.3 Å². The number of ether oxygens (including phenoxy) is 1. The maximum atomic E-state index is 11.7. The molecular formula is C18H32N3NaO3. The van der Waals surface area contributed by atoms with Gasteiger partial charge in [-0.15, -0.1) is 0 Å². The zero-order chi connectivity index (χ0) is 17.6. The first kappa shape index (κ1) is 24.3. The quantitative estimate of drug-likeness (QED) is 0.229. The number of H-pyrrole nitrogens is 1. The minimum Gasteiger partial charge on any atom is -1.00 e. The molecule has 0 bridgehead atoms. The minimum absolute atomic E-state index is 0. The van der Waals surface area contributed by atoms with E-state index < -0.39 is 18.0 Å². The predicted octanol–water partition coefficient (Wildman–Crippen LogP) is 0.387. The van der Waals surface area contributed by atoms with Crippen LogP contribution in [0.15, 0.2) is 12.5 Å². The number of carbonyl (C=O) groups excluding carboxylic acids is 2. The minimum atomic E-state index is -0.850. The second kappa shape index (κ2) is 15.6. The van der Waals surface area contributed by atoms with E-state index in [1.54, 1.807) is 6.20 Å². The van der Waals surface area contributed by atoms with E-state index in [2.05, 4.69) is 16.9 Å². The van der Waals surface area contributed by atoms with Crippen molar-refractivity contribution in [1.82, 2.24) is 9.97 Å². The molecule has 1 aromatic heterocycles. The van der Waals surface area contributed by atoms with E-state index >= 15 is 0 Å². The maximum absolute atomic E-state index is 11.7. The van der Waals surface area contributed by atoms with Gasteiger partial charge < -0.3 is 16.9 Å². The van der Waals surface area contributed by atoms with Gasteiger partial charge in [0.15, 0.2) is 0 Å². The Bertz CT molecular complexity index is 472. The number of nitrogens with zero attached hydrogens (tertiary/aromatic N) is 1. The molecule has 0 aromatic carbocycles. The third-order valence-corrected chi connectivity index (χ3v) is 4.00. The van der Waals surface area contributed by atoms with E-state index in [9.17, 15) is 9.59 Å². The number of aromatic nitrogens is 2. The summed E-state index contributed by atoms with van der Waals surface area (Å²) in [6.45, 7) is 2.22. The molecule has 0 aliphatic carbocycles. The van der Waals surface area contributed by atoms with Crippen LogP contribution in [0.5, 0.6) is 0 Å². The first-order valence-corrected chi connectivity index (χ1v) is 9.10. The van der Waals surface area contributed by atoms with Crippen molar-refractivity contribution >= 4 is 11.9 Å². The van der Waals surface area contributed by atoms with Gasteiger partial charge in [0.1, 0.15) is 6.04 Å². The summed E-state index contributed by atoms with van der Waals surface area (Å²) in [5.74, 6) is -1.16. The number of esters is 2. The standard InChI is InChI=1S/C18H31N3O3.Na.H/c1-2-3-4-5-6-7-8-9-10-11-17(22)24-18(23)16(19)12-15-13-20-14-21-15;;/h13-14,16H,2-12,19H2,1H3,(H,20,21);;/q;+1;-1/t16-;;/m0../s1. The number of nitrogens with one attached hydrogen (secondary N) is 1. The van der Waals surface area contributed by atoms with Gasteiger partial charge in [0, 0.05) is 24.7 Å². The van der Waals surface area contributed by atoms with Gasteiger partial charge in [0.05, 0.1) is 6.33 Å². The number of nitrogens with two attached hydrogens (primary N) is 1. The molecule has 1 atom stereocenters. The van der Waals surface area contributed by atoms with Crippen LogP contribution in [0, 0.1) is 0 Å². The van der Waals surface area contributed by atoms with Crippen molar-refractivity contribution in [3.63, 3.8) is 0 Å². The summed E-state index contributed by atoms with van der Waals surface area (Å²) in [7, 11) is 0. The van der Waals surface area contributed by atoms with Gasteiger partial charge in [0.25, 0.3) is 0 Å². The van der Waals surface area contributed by atoms with E-state index in [4.69, 9.17) is 10.5 Å². The van der Waals surface area contributed by atoms with Crippen molar-refractivity contribution in [2.45, 2.75) is 83.6 Å². The number of rotatable bonds is 13. The van der Waals surface area contributed by atoms with Crippen LogP contribution in [-0.4, -0.2) is 27.9 Å². The number of unbranched alkanes of at least 4 members (excludes halogenated alkanes) is 8. The predicted molar refractivity (Wildman–Crippen MR) is 94.3 cm³/mol. The fourth-order valence-electron chi connectivity index (χ4n) is 2.54. The monoisotopic (exact) mass is 361 g/mol. The van der Waals surface area contributed by atoms with E-state index in [1.807, 2.05) is 0 Å². The molecule has 25 heavy (non-hydrogen) atoms. The van der Waals surface area contributed by atoms with E-state index in [0.29, 0.717) is 0 Å². The molecule has 0 spiro atoms. The zero-order valence-electron chi connectivity index (χ0n) is 16.8. The Morgan fingerprint density at radius 1 is 1.16 bits per heavy atom. The third-order valence-electron chi connectivity index (χ3n) is 4.00. The van der Waals surface area contributed by atoms with Gasteiger partial charge in [-0.3, -0.25) is 4.79 Å². The van der Waals surface area contributed by atoms with Gasteiger partial charge >= 0.3 is 41.5 Å². The Morgan fingerprint density at radius 2 is 1.76 bits per heavy atom. The average molecular weight is 361 g/mol. The van der Waals surface area contributed by atoms with Crippen LogP contribution in [0.3, 0.4) is 0 Å². The number of imidazole rings is 1. The Morgan fingerprint density at radius 3 is 2.32 bits per heavy atom. The molecule has 0 amide bonds. The molecule has 0 saturated carbocycles. The second-order valence-electron chi connectivity index (χ2n) is 6.26. The second-order valence-corrected chi connectivity index (χ2v) is 6.26. The van der Waals surface area contributed by atoms with Crippen LogP contribution in [0.2, 0.25) is 0 Å². The van der Waals surface area contributed by atoms with Crippen molar-refractivity contribution in [3.8, 4) is 0 Å². The normalized spacial score (nSPS) is 11.6. The topological polar surface area (TPSA) is 98.1 Å². The molecule has 138 valence electrons. The van der Waals surface area contributed by atoms with E-state index in [1.165, 1.54) is 44.9 Å². The molecule has 7 heteroatoms. The summed E-state index contributed by atoms with van der Waals surface area (Å²) in [4.78, 5) is 30.1. The van der Waals surface area contributed by atoms with Crippen LogP contribution in [0.25, 0.3) is 0 Å². The van der Waals surface area contributed by atoms with Crippen molar-refractivity contribution < 1.29 is 45.3 Å². The SMILES string of the molecule is CCCCCCCCCCCC(=O)OC(=O)[C@@H](N)Cc1cnc[nH]1.[H-].[Na+]. The number of hydrogen-bond acceptors (Lipinski definition) is 5. The summed E-state index contributed by atoms with van der Waals surface area (Å²) >= 11 is 0. The summed E-state index contributed by atoms with van der Waals surface area (Å²) in [6, 6.07) is -0.850. The molecule has 1 heterocycles. The van der Waals surface area contributed by atoms with Crippen molar-refractivity contribution in [2.75, 3.05) is 0 Å². The molecule has 1 aromatic rings. The largest absolute Gasteiger partial charge is 1.00 e. The summed E-state index contributed by atoms with van der Waals surface area (Å²) in [6.07, 6.45) is 14.3. The number of carbonyl (C=O) groups is 2.